The summed E-state index contributed by atoms with van der Waals surface area (Å²) in [5.41, 5.74) is 5.15. The molecule has 0 saturated heterocycles. The van der Waals surface area contributed by atoms with Gasteiger partial charge in [-0.1, -0.05) is 0 Å². The van der Waals surface area contributed by atoms with Crippen LogP contribution >= 0.6 is 11.8 Å². The molecule has 0 unspecified atom stereocenters. The summed E-state index contributed by atoms with van der Waals surface area (Å²) in [5, 5.41) is 0.828. The molecule has 1 rings (SSSR count). The first-order valence-corrected chi connectivity index (χ1v) is 5.82. The third-order valence-electron chi connectivity index (χ3n) is 2.62. The monoisotopic (exact) mass is 187 g/mol. The van der Waals surface area contributed by atoms with Crippen LogP contribution < -0.4 is 5.73 Å². The van der Waals surface area contributed by atoms with E-state index in [2.05, 4.69) is 6.26 Å². The van der Waals surface area contributed by atoms with Gasteiger partial charge in [0.2, 0.25) is 5.91 Å². The fraction of sp³-hybridized carbons (Fsp3) is 0.889. The number of amides is 1. The van der Waals surface area contributed by atoms with Crippen LogP contribution in [0.25, 0.3) is 0 Å². The van der Waals surface area contributed by atoms with Gasteiger partial charge in [0, 0.05) is 11.7 Å². The van der Waals surface area contributed by atoms with Crippen LogP contribution in [0.4, 0.5) is 0 Å². The van der Waals surface area contributed by atoms with Crippen molar-refractivity contribution in [3.63, 3.8) is 0 Å². The van der Waals surface area contributed by atoms with Crippen molar-refractivity contribution in [3.05, 3.63) is 0 Å². The van der Waals surface area contributed by atoms with E-state index in [1.807, 2.05) is 11.8 Å². The Kier molecular flexibility index (Phi) is 3.92. The van der Waals surface area contributed by atoms with Crippen LogP contribution in [-0.2, 0) is 4.79 Å². The molecule has 0 heterocycles. The topological polar surface area (TPSA) is 43.1 Å². The number of hydrogen-bond acceptors (Lipinski definition) is 2. The lowest BCUT2D eigenvalue weighted by atomic mass is 9.86. The Labute approximate surface area is 78.3 Å². The average molecular weight is 187 g/mol. The number of carbonyl (C=O) groups is 1. The van der Waals surface area contributed by atoms with Crippen molar-refractivity contribution in [1.82, 2.24) is 0 Å². The maximum atomic E-state index is 10.6. The maximum Gasteiger partial charge on any atom is 0.217 e. The van der Waals surface area contributed by atoms with E-state index in [1.165, 1.54) is 25.7 Å². The Bertz CT molecular complexity index is 153. The second-order valence-corrected chi connectivity index (χ2v) is 4.69. The predicted molar refractivity (Wildman–Crippen MR) is 53.1 cm³/mol. The molecule has 0 aromatic heterocycles. The van der Waals surface area contributed by atoms with E-state index >= 15 is 0 Å². The van der Waals surface area contributed by atoms with Crippen molar-refractivity contribution in [2.45, 2.75) is 37.4 Å². The summed E-state index contributed by atoms with van der Waals surface area (Å²) in [4.78, 5) is 10.6. The average Bonchev–Trinajstić information content (AvgIpc) is 2.05. The van der Waals surface area contributed by atoms with E-state index in [1.54, 1.807) is 0 Å². The quantitative estimate of drug-likeness (QED) is 0.732. The molecule has 12 heavy (non-hydrogen) atoms. The van der Waals surface area contributed by atoms with Crippen molar-refractivity contribution in [3.8, 4) is 0 Å². The zero-order valence-corrected chi connectivity index (χ0v) is 8.40. The van der Waals surface area contributed by atoms with Gasteiger partial charge in [-0.05, 0) is 37.9 Å². The largest absolute Gasteiger partial charge is 0.370 e. The SMILES string of the molecule is CSC1CCC(CC(N)=O)CC1. The molecule has 70 valence electrons. The third kappa shape index (κ3) is 3.05. The molecule has 1 aliphatic carbocycles. The summed E-state index contributed by atoms with van der Waals surface area (Å²) in [6, 6.07) is 0. The molecular formula is C9H17NOS. The van der Waals surface area contributed by atoms with Crippen LogP contribution in [0.3, 0.4) is 0 Å². The van der Waals surface area contributed by atoms with Gasteiger partial charge in [0.05, 0.1) is 0 Å². The smallest absolute Gasteiger partial charge is 0.217 e. The van der Waals surface area contributed by atoms with Gasteiger partial charge in [-0.3, -0.25) is 4.79 Å². The molecule has 1 saturated carbocycles. The van der Waals surface area contributed by atoms with E-state index in [0.29, 0.717) is 12.3 Å². The summed E-state index contributed by atoms with van der Waals surface area (Å²) in [5.74, 6) is 0.438. The first-order chi connectivity index (χ1) is 5.72. The molecule has 0 aliphatic heterocycles. The zero-order valence-electron chi connectivity index (χ0n) is 7.58. The highest BCUT2D eigenvalue weighted by Gasteiger charge is 2.21. The van der Waals surface area contributed by atoms with Crippen molar-refractivity contribution < 1.29 is 4.79 Å². The summed E-state index contributed by atoms with van der Waals surface area (Å²) in [7, 11) is 0. The number of primary amides is 1. The molecule has 0 aromatic carbocycles. The van der Waals surface area contributed by atoms with Crippen molar-refractivity contribution in [1.29, 1.82) is 0 Å². The Morgan fingerprint density at radius 2 is 2.00 bits per heavy atom. The first kappa shape index (κ1) is 9.90. The Hall–Kier alpha value is -0.180. The van der Waals surface area contributed by atoms with E-state index in [0.717, 1.165) is 5.25 Å². The minimum atomic E-state index is -0.136. The highest BCUT2D eigenvalue weighted by Crippen LogP contribution is 2.31. The minimum Gasteiger partial charge on any atom is -0.370 e. The van der Waals surface area contributed by atoms with Gasteiger partial charge < -0.3 is 5.73 Å². The van der Waals surface area contributed by atoms with Crippen LogP contribution in [0.15, 0.2) is 0 Å². The van der Waals surface area contributed by atoms with Crippen LogP contribution in [0.2, 0.25) is 0 Å². The highest BCUT2D eigenvalue weighted by atomic mass is 32.2. The van der Waals surface area contributed by atoms with Gasteiger partial charge in [0.15, 0.2) is 0 Å². The lowest BCUT2D eigenvalue weighted by molar-refractivity contribution is -0.119. The maximum absolute atomic E-state index is 10.6. The molecule has 1 amide bonds. The third-order valence-corrected chi connectivity index (χ3v) is 3.76. The van der Waals surface area contributed by atoms with Gasteiger partial charge >= 0.3 is 0 Å². The molecule has 3 heteroatoms. The molecule has 1 fully saturated rings. The molecule has 0 aromatic rings. The second kappa shape index (κ2) is 4.75. The van der Waals surface area contributed by atoms with Gasteiger partial charge in [0.25, 0.3) is 0 Å². The minimum absolute atomic E-state index is 0.136. The van der Waals surface area contributed by atoms with Gasteiger partial charge in [-0.2, -0.15) is 11.8 Å². The van der Waals surface area contributed by atoms with Crippen LogP contribution in [0.1, 0.15) is 32.1 Å². The Morgan fingerprint density at radius 1 is 1.42 bits per heavy atom. The second-order valence-electron chi connectivity index (χ2n) is 3.55. The van der Waals surface area contributed by atoms with Crippen LogP contribution in [0.5, 0.6) is 0 Å². The molecule has 0 atom stereocenters. The number of thioether (sulfide) groups is 1. The number of carbonyl (C=O) groups excluding carboxylic acids is 1. The van der Waals surface area contributed by atoms with E-state index in [4.69, 9.17) is 5.73 Å². The molecular weight excluding hydrogens is 170 g/mol. The molecule has 2 nitrogen and oxygen atoms in total. The van der Waals surface area contributed by atoms with Gasteiger partial charge in [0.1, 0.15) is 0 Å². The lowest BCUT2D eigenvalue weighted by Gasteiger charge is -2.26. The van der Waals surface area contributed by atoms with Crippen molar-refractivity contribution in [2.24, 2.45) is 11.7 Å². The van der Waals surface area contributed by atoms with Gasteiger partial charge in [-0.15, -0.1) is 0 Å². The summed E-state index contributed by atoms with van der Waals surface area (Å²) in [6.07, 6.45) is 7.67. The van der Waals surface area contributed by atoms with Crippen LogP contribution in [0, 0.1) is 5.92 Å². The molecule has 0 bridgehead atoms. The standard InChI is InChI=1S/C9H17NOS/c1-12-8-4-2-7(3-5-8)6-9(10)11/h7-8H,2-6H2,1H3,(H2,10,11). The molecule has 0 spiro atoms. The normalized spacial score (nSPS) is 30.1. The summed E-state index contributed by atoms with van der Waals surface area (Å²) < 4.78 is 0. The first-order valence-electron chi connectivity index (χ1n) is 4.53. The Balaban J connectivity index is 2.21. The molecule has 0 radical (unpaired) electrons. The van der Waals surface area contributed by atoms with E-state index in [-0.39, 0.29) is 5.91 Å². The number of hydrogen-bond donors (Lipinski definition) is 1. The fourth-order valence-corrected chi connectivity index (χ4v) is 2.60. The lowest BCUT2D eigenvalue weighted by Crippen LogP contribution is -2.21. The zero-order chi connectivity index (χ0) is 8.97. The summed E-state index contributed by atoms with van der Waals surface area (Å²) in [6.45, 7) is 0. The fourth-order valence-electron chi connectivity index (χ4n) is 1.86. The van der Waals surface area contributed by atoms with E-state index < -0.39 is 0 Å². The molecule has 1 aliphatic rings. The summed E-state index contributed by atoms with van der Waals surface area (Å²) >= 11 is 1.95. The van der Waals surface area contributed by atoms with Crippen molar-refractivity contribution >= 4 is 17.7 Å². The van der Waals surface area contributed by atoms with Crippen molar-refractivity contribution in [2.75, 3.05) is 6.26 Å². The van der Waals surface area contributed by atoms with E-state index in [9.17, 15) is 4.79 Å². The predicted octanol–water partition coefficient (Wildman–Crippen LogP) is 1.78. The Morgan fingerprint density at radius 3 is 2.42 bits per heavy atom. The molecule has 2 N–H and O–H groups in total. The van der Waals surface area contributed by atoms with Gasteiger partial charge in [-0.25, -0.2) is 0 Å². The number of rotatable bonds is 3. The van der Waals surface area contributed by atoms with Crippen LogP contribution in [-0.4, -0.2) is 17.4 Å². The highest BCUT2D eigenvalue weighted by molar-refractivity contribution is 7.99. The number of nitrogens with two attached hydrogens (primary N) is 1.